The SMILES string of the molecule is O=C(NCC1CCNCC1)c1nc2c(Nc3ccc4c(c3)C=NC4)ncnc2s1. The summed E-state index contributed by atoms with van der Waals surface area (Å²) in [6.45, 7) is 3.45. The van der Waals surface area contributed by atoms with Crippen LogP contribution < -0.4 is 16.0 Å². The minimum Gasteiger partial charge on any atom is -0.350 e. The minimum absolute atomic E-state index is 0.147. The summed E-state index contributed by atoms with van der Waals surface area (Å²) in [6.07, 6.45) is 5.55. The topological polar surface area (TPSA) is 104 Å². The highest BCUT2D eigenvalue weighted by Gasteiger charge is 2.19. The summed E-state index contributed by atoms with van der Waals surface area (Å²) in [5.74, 6) is 0.972. The van der Waals surface area contributed by atoms with Gasteiger partial charge in [0.15, 0.2) is 10.8 Å². The molecule has 0 atom stereocenters. The van der Waals surface area contributed by atoms with Gasteiger partial charge >= 0.3 is 0 Å². The molecule has 0 radical (unpaired) electrons. The van der Waals surface area contributed by atoms with E-state index in [4.69, 9.17) is 0 Å². The van der Waals surface area contributed by atoms with Gasteiger partial charge in [-0.25, -0.2) is 15.0 Å². The molecule has 2 aliphatic rings. The van der Waals surface area contributed by atoms with Crippen LogP contribution in [0.1, 0.15) is 33.8 Å². The van der Waals surface area contributed by atoms with E-state index in [9.17, 15) is 4.79 Å². The van der Waals surface area contributed by atoms with Crippen LogP contribution in [0, 0.1) is 5.92 Å². The number of anilines is 2. The van der Waals surface area contributed by atoms with Crippen LogP contribution >= 0.6 is 11.3 Å². The number of nitrogens with one attached hydrogen (secondary N) is 3. The Morgan fingerprint density at radius 3 is 3.03 bits per heavy atom. The maximum atomic E-state index is 12.6. The number of carbonyl (C=O) groups excluding carboxylic acids is 1. The number of rotatable bonds is 5. The molecule has 148 valence electrons. The van der Waals surface area contributed by atoms with Crippen molar-refractivity contribution in [2.75, 3.05) is 25.0 Å². The lowest BCUT2D eigenvalue weighted by molar-refractivity contribution is 0.0944. The molecule has 29 heavy (non-hydrogen) atoms. The highest BCUT2D eigenvalue weighted by Crippen LogP contribution is 2.28. The maximum Gasteiger partial charge on any atom is 0.280 e. The van der Waals surface area contributed by atoms with Gasteiger partial charge in [0, 0.05) is 18.4 Å². The number of piperidine rings is 1. The lowest BCUT2D eigenvalue weighted by atomic mass is 9.98. The molecular weight excluding hydrogens is 386 g/mol. The average molecular weight is 408 g/mol. The fourth-order valence-electron chi connectivity index (χ4n) is 3.66. The second-order valence-corrected chi connectivity index (χ2v) is 8.28. The Morgan fingerprint density at radius 2 is 2.14 bits per heavy atom. The van der Waals surface area contributed by atoms with Crippen molar-refractivity contribution in [1.29, 1.82) is 0 Å². The van der Waals surface area contributed by atoms with Gasteiger partial charge in [-0.15, -0.1) is 0 Å². The zero-order chi connectivity index (χ0) is 19.6. The molecule has 0 bridgehead atoms. The van der Waals surface area contributed by atoms with Crippen molar-refractivity contribution in [2.45, 2.75) is 19.4 Å². The molecule has 1 amide bonds. The molecule has 4 heterocycles. The second-order valence-electron chi connectivity index (χ2n) is 7.31. The van der Waals surface area contributed by atoms with E-state index in [0.29, 0.717) is 33.6 Å². The Hall–Kier alpha value is -2.91. The molecule has 3 aromatic rings. The van der Waals surface area contributed by atoms with Gasteiger partial charge in [0.2, 0.25) is 0 Å². The smallest absolute Gasteiger partial charge is 0.280 e. The third-order valence-corrected chi connectivity index (χ3v) is 6.26. The number of hydrogen-bond acceptors (Lipinski definition) is 8. The molecule has 1 aromatic carbocycles. The normalized spacial score (nSPS) is 16.1. The van der Waals surface area contributed by atoms with Crippen LogP contribution in [0.3, 0.4) is 0 Å². The van der Waals surface area contributed by atoms with E-state index in [1.54, 1.807) is 0 Å². The van der Waals surface area contributed by atoms with Crippen LogP contribution in [0.2, 0.25) is 0 Å². The van der Waals surface area contributed by atoms with Crippen LogP contribution in [0.15, 0.2) is 29.5 Å². The van der Waals surface area contributed by atoms with Gasteiger partial charge in [-0.2, -0.15) is 0 Å². The molecule has 3 N–H and O–H groups in total. The Kier molecular flexibility index (Phi) is 4.91. The van der Waals surface area contributed by atoms with E-state index in [1.807, 2.05) is 18.3 Å². The summed E-state index contributed by atoms with van der Waals surface area (Å²) in [5.41, 5.74) is 3.84. The van der Waals surface area contributed by atoms with Gasteiger partial charge in [0.05, 0.1) is 6.54 Å². The van der Waals surface area contributed by atoms with Crippen molar-refractivity contribution in [3.05, 3.63) is 40.7 Å². The summed E-state index contributed by atoms with van der Waals surface area (Å²) < 4.78 is 0. The molecule has 0 unspecified atom stereocenters. The monoisotopic (exact) mass is 407 g/mol. The fraction of sp³-hybridized carbons (Fsp3) is 0.350. The first kappa shape index (κ1) is 18.1. The first-order valence-corrected chi connectivity index (χ1v) is 10.6. The summed E-state index contributed by atoms with van der Waals surface area (Å²) in [5, 5.41) is 10.1. The molecular formula is C20H21N7OS. The predicted molar refractivity (Wildman–Crippen MR) is 114 cm³/mol. The van der Waals surface area contributed by atoms with Crippen molar-refractivity contribution in [1.82, 2.24) is 25.6 Å². The number of benzene rings is 1. The molecule has 0 aliphatic carbocycles. The summed E-state index contributed by atoms with van der Waals surface area (Å²) in [4.78, 5) is 30.7. The molecule has 1 saturated heterocycles. The van der Waals surface area contributed by atoms with Crippen molar-refractivity contribution in [3.8, 4) is 0 Å². The van der Waals surface area contributed by atoms with E-state index in [0.717, 1.165) is 43.7 Å². The van der Waals surface area contributed by atoms with Crippen LogP contribution in [0.4, 0.5) is 11.5 Å². The highest BCUT2D eigenvalue weighted by atomic mass is 32.1. The Bertz CT molecular complexity index is 1090. The largest absolute Gasteiger partial charge is 0.350 e. The number of fused-ring (bicyclic) bond motifs is 2. The molecule has 1 fully saturated rings. The van der Waals surface area contributed by atoms with E-state index in [1.165, 1.54) is 23.2 Å². The Balaban J connectivity index is 1.33. The number of aromatic nitrogens is 3. The van der Waals surface area contributed by atoms with Crippen LogP contribution in [-0.4, -0.2) is 46.7 Å². The molecule has 9 heteroatoms. The number of aliphatic imine (C=N–C) groups is 1. The lowest BCUT2D eigenvalue weighted by Gasteiger charge is -2.22. The number of nitrogens with zero attached hydrogens (tertiary/aromatic N) is 4. The van der Waals surface area contributed by atoms with Gasteiger partial charge in [0.1, 0.15) is 16.7 Å². The zero-order valence-electron chi connectivity index (χ0n) is 15.8. The zero-order valence-corrected chi connectivity index (χ0v) is 16.6. The molecule has 5 rings (SSSR count). The van der Waals surface area contributed by atoms with Gasteiger partial charge in [-0.3, -0.25) is 9.79 Å². The number of hydrogen-bond donors (Lipinski definition) is 3. The molecule has 2 aliphatic heterocycles. The van der Waals surface area contributed by atoms with Crippen LogP contribution in [0.25, 0.3) is 10.3 Å². The average Bonchev–Trinajstić information content (AvgIpc) is 3.40. The third kappa shape index (κ3) is 3.83. The Labute approximate surface area is 171 Å². The maximum absolute atomic E-state index is 12.6. The van der Waals surface area contributed by atoms with Crippen LogP contribution in [0.5, 0.6) is 0 Å². The lowest BCUT2D eigenvalue weighted by Crippen LogP contribution is -2.35. The standard InChI is InChI=1S/C20H21N7OS/c28-18(23-8-12-3-5-21-6-4-12)20-27-16-17(24-11-25-19(16)29-20)26-15-2-1-13-9-22-10-14(13)7-15/h1-2,7,10-12,21H,3-6,8-9H2,(H,23,28)(H,24,25,26). The predicted octanol–water partition coefficient (Wildman–Crippen LogP) is 2.49. The molecule has 2 aromatic heterocycles. The second kappa shape index (κ2) is 7.84. The Morgan fingerprint density at radius 1 is 1.24 bits per heavy atom. The summed E-state index contributed by atoms with van der Waals surface area (Å²) in [6, 6.07) is 6.10. The van der Waals surface area contributed by atoms with Gasteiger partial charge in [0.25, 0.3) is 5.91 Å². The quantitative estimate of drug-likeness (QED) is 0.600. The van der Waals surface area contributed by atoms with Crippen molar-refractivity contribution < 1.29 is 4.79 Å². The van der Waals surface area contributed by atoms with E-state index < -0.39 is 0 Å². The van der Waals surface area contributed by atoms with Crippen molar-refractivity contribution >= 4 is 45.3 Å². The van der Waals surface area contributed by atoms with Gasteiger partial charge in [-0.05, 0) is 55.1 Å². The minimum atomic E-state index is -0.147. The molecule has 0 saturated carbocycles. The number of thiazole rings is 1. The van der Waals surface area contributed by atoms with E-state index in [2.05, 4.69) is 42.0 Å². The first-order valence-electron chi connectivity index (χ1n) is 9.76. The van der Waals surface area contributed by atoms with Gasteiger partial charge in [-0.1, -0.05) is 17.4 Å². The first-order chi connectivity index (χ1) is 14.3. The van der Waals surface area contributed by atoms with Crippen molar-refractivity contribution in [3.63, 3.8) is 0 Å². The highest BCUT2D eigenvalue weighted by molar-refractivity contribution is 7.19. The van der Waals surface area contributed by atoms with E-state index >= 15 is 0 Å². The summed E-state index contributed by atoms with van der Waals surface area (Å²) in [7, 11) is 0. The summed E-state index contributed by atoms with van der Waals surface area (Å²) >= 11 is 1.29. The third-order valence-electron chi connectivity index (χ3n) is 5.30. The number of carbonyl (C=O) groups is 1. The molecule has 8 nitrogen and oxygen atoms in total. The fourth-order valence-corrected chi connectivity index (χ4v) is 4.48. The number of amides is 1. The van der Waals surface area contributed by atoms with E-state index in [-0.39, 0.29) is 5.91 Å². The van der Waals surface area contributed by atoms with Crippen LogP contribution in [-0.2, 0) is 6.54 Å². The van der Waals surface area contributed by atoms with Gasteiger partial charge < -0.3 is 16.0 Å². The molecule has 0 spiro atoms. The van der Waals surface area contributed by atoms with Crippen molar-refractivity contribution in [2.24, 2.45) is 10.9 Å².